The number of hydrogen-bond donors (Lipinski definition) is 1. The second-order valence-corrected chi connectivity index (χ2v) is 6.68. The van der Waals surface area contributed by atoms with Crippen molar-refractivity contribution in [2.75, 3.05) is 11.9 Å². The average molecular weight is 357 g/mol. The number of pyridine rings is 1. The van der Waals surface area contributed by atoms with Crippen molar-refractivity contribution < 1.29 is 0 Å². The van der Waals surface area contributed by atoms with Crippen LogP contribution in [0.25, 0.3) is 10.9 Å². The first kappa shape index (κ1) is 13.8. The molecule has 0 saturated heterocycles. The van der Waals surface area contributed by atoms with Gasteiger partial charge < -0.3 is 9.88 Å². The van der Waals surface area contributed by atoms with Crippen LogP contribution in [0.2, 0.25) is 0 Å². The summed E-state index contributed by atoms with van der Waals surface area (Å²) in [6.45, 7) is 1.75. The predicted molar refractivity (Wildman–Crippen MR) is 92.1 cm³/mol. The lowest BCUT2D eigenvalue weighted by Gasteiger charge is -2.13. The van der Waals surface area contributed by atoms with Crippen LogP contribution in [-0.4, -0.2) is 21.1 Å². The lowest BCUT2D eigenvalue weighted by Crippen LogP contribution is -2.11. The van der Waals surface area contributed by atoms with Crippen LogP contribution in [0.5, 0.6) is 0 Å². The number of benzene rings is 1. The van der Waals surface area contributed by atoms with Gasteiger partial charge in [0.05, 0.1) is 11.8 Å². The van der Waals surface area contributed by atoms with E-state index < -0.39 is 0 Å². The molecule has 0 aliphatic heterocycles. The maximum atomic E-state index is 4.84. The van der Waals surface area contributed by atoms with Crippen LogP contribution in [0.1, 0.15) is 24.3 Å². The predicted octanol–water partition coefficient (Wildman–Crippen LogP) is 4.18. The highest BCUT2D eigenvalue weighted by atomic mass is 79.9. The van der Waals surface area contributed by atoms with Gasteiger partial charge in [0.1, 0.15) is 5.82 Å². The third-order valence-electron chi connectivity index (χ3n) is 4.05. The highest BCUT2D eigenvalue weighted by Crippen LogP contribution is 2.44. The SMILES string of the molecule is Brc1ccc2nc(NCCn3ccnc3)c(C3CC3)cc2c1. The fourth-order valence-corrected chi connectivity index (χ4v) is 3.11. The maximum absolute atomic E-state index is 4.84. The van der Waals surface area contributed by atoms with E-state index in [9.17, 15) is 0 Å². The molecule has 2 aromatic heterocycles. The summed E-state index contributed by atoms with van der Waals surface area (Å²) in [4.78, 5) is 8.91. The Labute approximate surface area is 137 Å². The maximum Gasteiger partial charge on any atom is 0.130 e. The Morgan fingerprint density at radius 2 is 2.18 bits per heavy atom. The summed E-state index contributed by atoms with van der Waals surface area (Å²) in [7, 11) is 0. The van der Waals surface area contributed by atoms with Crippen molar-refractivity contribution in [1.29, 1.82) is 0 Å². The Bertz CT molecular complexity index is 794. The summed E-state index contributed by atoms with van der Waals surface area (Å²) in [6, 6.07) is 8.55. The van der Waals surface area contributed by atoms with Crippen LogP contribution in [-0.2, 0) is 6.54 Å². The molecule has 1 saturated carbocycles. The lowest BCUT2D eigenvalue weighted by molar-refractivity contribution is 0.725. The second-order valence-electron chi connectivity index (χ2n) is 5.76. The smallest absolute Gasteiger partial charge is 0.130 e. The summed E-state index contributed by atoms with van der Waals surface area (Å²) in [5.74, 6) is 1.71. The molecule has 3 aromatic rings. The number of rotatable bonds is 5. The van der Waals surface area contributed by atoms with Crippen molar-refractivity contribution in [3.63, 3.8) is 0 Å². The molecular formula is C17H17BrN4. The fourth-order valence-electron chi connectivity index (χ4n) is 2.73. The summed E-state index contributed by atoms with van der Waals surface area (Å²) in [6.07, 6.45) is 8.18. The first-order valence-corrected chi connectivity index (χ1v) is 8.39. The molecule has 1 fully saturated rings. The lowest BCUT2D eigenvalue weighted by atomic mass is 10.1. The number of hydrogen-bond acceptors (Lipinski definition) is 3. The Balaban J connectivity index is 1.60. The van der Waals surface area contributed by atoms with Crippen LogP contribution in [0.15, 0.2) is 47.5 Å². The Hall–Kier alpha value is -1.88. The van der Waals surface area contributed by atoms with Crippen LogP contribution < -0.4 is 5.32 Å². The molecule has 1 N–H and O–H groups in total. The van der Waals surface area contributed by atoms with Gasteiger partial charge in [0, 0.05) is 35.3 Å². The summed E-state index contributed by atoms with van der Waals surface area (Å²) in [5, 5.41) is 4.71. The minimum atomic E-state index is 0.673. The summed E-state index contributed by atoms with van der Waals surface area (Å²) >= 11 is 3.54. The number of aromatic nitrogens is 3. The van der Waals surface area contributed by atoms with Gasteiger partial charge in [-0.3, -0.25) is 0 Å². The molecule has 0 atom stereocenters. The first-order chi connectivity index (χ1) is 10.8. The van der Waals surface area contributed by atoms with Crippen molar-refractivity contribution in [2.24, 2.45) is 0 Å². The van der Waals surface area contributed by atoms with E-state index in [1.807, 2.05) is 24.8 Å². The van der Waals surface area contributed by atoms with Crippen molar-refractivity contribution in [2.45, 2.75) is 25.3 Å². The monoisotopic (exact) mass is 356 g/mol. The van der Waals surface area contributed by atoms with E-state index in [0.717, 1.165) is 28.9 Å². The van der Waals surface area contributed by atoms with Gasteiger partial charge >= 0.3 is 0 Å². The van der Waals surface area contributed by atoms with Gasteiger partial charge in [0.15, 0.2) is 0 Å². The largest absolute Gasteiger partial charge is 0.368 e. The number of nitrogens with one attached hydrogen (secondary N) is 1. The quantitative estimate of drug-likeness (QED) is 0.745. The molecule has 4 nitrogen and oxygen atoms in total. The van der Waals surface area contributed by atoms with Crippen molar-refractivity contribution in [3.05, 3.63) is 53.0 Å². The molecular weight excluding hydrogens is 340 g/mol. The van der Waals surface area contributed by atoms with Crippen molar-refractivity contribution >= 4 is 32.7 Å². The van der Waals surface area contributed by atoms with Gasteiger partial charge in [-0.2, -0.15) is 0 Å². The van der Waals surface area contributed by atoms with Gasteiger partial charge in [0.25, 0.3) is 0 Å². The third-order valence-corrected chi connectivity index (χ3v) is 4.54. The van der Waals surface area contributed by atoms with Crippen LogP contribution >= 0.6 is 15.9 Å². The zero-order chi connectivity index (χ0) is 14.9. The number of anilines is 1. The number of halogens is 1. The molecule has 0 bridgehead atoms. The van der Waals surface area contributed by atoms with Crippen molar-refractivity contribution in [1.82, 2.24) is 14.5 Å². The molecule has 0 unspecified atom stereocenters. The Morgan fingerprint density at radius 3 is 2.95 bits per heavy atom. The average Bonchev–Trinajstić information content (AvgIpc) is 3.23. The highest BCUT2D eigenvalue weighted by molar-refractivity contribution is 9.10. The third kappa shape index (κ3) is 2.86. The normalized spacial score (nSPS) is 14.4. The Kier molecular flexibility index (Phi) is 3.58. The van der Waals surface area contributed by atoms with Crippen LogP contribution in [0.3, 0.4) is 0 Å². The molecule has 4 rings (SSSR count). The fraction of sp³-hybridized carbons (Fsp3) is 0.294. The molecule has 0 spiro atoms. The molecule has 0 amide bonds. The van der Waals surface area contributed by atoms with E-state index in [0.29, 0.717) is 5.92 Å². The van der Waals surface area contributed by atoms with Gasteiger partial charge in [-0.1, -0.05) is 15.9 Å². The first-order valence-electron chi connectivity index (χ1n) is 7.59. The Morgan fingerprint density at radius 1 is 1.27 bits per heavy atom. The van der Waals surface area contributed by atoms with Gasteiger partial charge in [0.2, 0.25) is 0 Å². The van der Waals surface area contributed by atoms with E-state index >= 15 is 0 Å². The highest BCUT2D eigenvalue weighted by Gasteiger charge is 2.27. The molecule has 1 aliphatic carbocycles. The van der Waals surface area contributed by atoms with E-state index in [-0.39, 0.29) is 0 Å². The molecule has 22 heavy (non-hydrogen) atoms. The van der Waals surface area contributed by atoms with Crippen LogP contribution in [0.4, 0.5) is 5.82 Å². The van der Waals surface area contributed by atoms with Crippen LogP contribution in [0, 0.1) is 0 Å². The van der Waals surface area contributed by atoms with Crippen molar-refractivity contribution in [3.8, 4) is 0 Å². The van der Waals surface area contributed by atoms with E-state index in [2.05, 4.69) is 49.0 Å². The zero-order valence-electron chi connectivity index (χ0n) is 12.2. The minimum Gasteiger partial charge on any atom is -0.368 e. The van der Waals surface area contributed by atoms with E-state index in [4.69, 9.17) is 4.98 Å². The second kappa shape index (κ2) is 5.72. The molecule has 0 radical (unpaired) electrons. The summed E-state index contributed by atoms with van der Waals surface area (Å²) in [5.41, 5.74) is 2.40. The van der Waals surface area contributed by atoms with E-state index in [1.54, 1.807) is 0 Å². The molecule has 2 heterocycles. The van der Waals surface area contributed by atoms with Gasteiger partial charge in [-0.15, -0.1) is 0 Å². The summed E-state index contributed by atoms with van der Waals surface area (Å²) < 4.78 is 3.17. The zero-order valence-corrected chi connectivity index (χ0v) is 13.8. The topological polar surface area (TPSA) is 42.7 Å². The number of imidazole rings is 1. The molecule has 112 valence electrons. The standard InChI is InChI=1S/C17H17BrN4/c18-14-3-4-16-13(9-14)10-15(12-1-2-12)17(21-16)20-6-8-22-7-5-19-11-22/h3-5,7,9-12H,1-2,6,8H2,(H,20,21). The minimum absolute atomic E-state index is 0.673. The number of nitrogens with zero attached hydrogens (tertiary/aromatic N) is 3. The van der Waals surface area contributed by atoms with E-state index in [1.165, 1.54) is 23.8 Å². The molecule has 5 heteroatoms. The number of fused-ring (bicyclic) bond motifs is 1. The molecule has 1 aliphatic rings. The van der Waals surface area contributed by atoms with Gasteiger partial charge in [-0.05, 0) is 48.6 Å². The van der Waals surface area contributed by atoms with Gasteiger partial charge in [-0.25, -0.2) is 9.97 Å². The molecule has 1 aromatic carbocycles.